The number of rotatable bonds is 6. The minimum atomic E-state index is -3.89. The molecule has 1 heterocycles. The van der Waals surface area contributed by atoms with E-state index in [0.29, 0.717) is 29.5 Å². The predicted octanol–water partition coefficient (Wildman–Crippen LogP) is 3.99. The summed E-state index contributed by atoms with van der Waals surface area (Å²) in [7, 11) is -3.89. The van der Waals surface area contributed by atoms with Gasteiger partial charge in [-0.3, -0.25) is 9.10 Å². The lowest BCUT2D eigenvalue weighted by Gasteiger charge is -2.34. The molecule has 0 spiro atoms. The van der Waals surface area contributed by atoms with Crippen molar-refractivity contribution in [3.63, 3.8) is 0 Å². The van der Waals surface area contributed by atoms with Gasteiger partial charge in [-0.25, -0.2) is 8.42 Å². The summed E-state index contributed by atoms with van der Waals surface area (Å²) in [5.74, 6) is 0.513. The normalized spacial score (nSPS) is 15.4. The van der Waals surface area contributed by atoms with Gasteiger partial charge < -0.3 is 14.8 Å². The number of carbonyl (C=O) groups excluding carboxylic acids is 1. The largest absolute Gasteiger partial charge is 0.494 e. The van der Waals surface area contributed by atoms with Gasteiger partial charge in [-0.15, -0.1) is 0 Å². The van der Waals surface area contributed by atoms with Crippen LogP contribution < -0.4 is 19.1 Å². The summed E-state index contributed by atoms with van der Waals surface area (Å²) in [5, 5.41) is 2.80. The lowest BCUT2D eigenvalue weighted by molar-refractivity contribution is -0.122. The quantitative estimate of drug-likeness (QED) is 0.611. The molecule has 0 unspecified atom stereocenters. The molecular formula is C24H24N2O5S. The van der Waals surface area contributed by atoms with Crippen LogP contribution in [0.4, 0.5) is 11.4 Å². The fourth-order valence-electron chi connectivity index (χ4n) is 3.46. The minimum absolute atomic E-state index is 0.149. The van der Waals surface area contributed by atoms with Crippen LogP contribution in [0.5, 0.6) is 11.5 Å². The van der Waals surface area contributed by atoms with Crippen molar-refractivity contribution in [3.05, 3.63) is 78.4 Å². The first kappa shape index (κ1) is 21.7. The molecule has 32 heavy (non-hydrogen) atoms. The van der Waals surface area contributed by atoms with Gasteiger partial charge >= 0.3 is 0 Å². The van der Waals surface area contributed by atoms with E-state index in [1.54, 1.807) is 72.8 Å². The summed E-state index contributed by atoms with van der Waals surface area (Å²) in [6.07, 6.45) is -1.03. The van der Waals surface area contributed by atoms with Crippen LogP contribution in [0.3, 0.4) is 0 Å². The van der Waals surface area contributed by atoms with Crippen LogP contribution in [-0.2, 0) is 14.8 Å². The smallest absolute Gasteiger partial charge is 0.267 e. The number of para-hydroxylation sites is 2. The summed E-state index contributed by atoms with van der Waals surface area (Å²) < 4.78 is 39.4. The fraction of sp³-hybridized carbons (Fsp3) is 0.208. The highest BCUT2D eigenvalue weighted by molar-refractivity contribution is 7.92. The Balaban J connectivity index is 1.63. The molecule has 0 aromatic heterocycles. The zero-order valence-corrected chi connectivity index (χ0v) is 18.6. The SMILES string of the molecule is CCOc1cccc(NC(=O)[C@H]2CN(S(=O)(=O)c3ccc(C)cc3)c3ccccc3O2)c1. The van der Waals surface area contributed by atoms with Crippen molar-refractivity contribution in [2.45, 2.75) is 24.8 Å². The number of anilines is 2. The van der Waals surface area contributed by atoms with E-state index in [-0.39, 0.29) is 11.4 Å². The second kappa shape index (κ2) is 8.92. The molecule has 1 aliphatic heterocycles. The molecule has 0 bridgehead atoms. The molecular weight excluding hydrogens is 428 g/mol. The van der Waals surface area contributed by atoms with Crippen molar-refractivity contribution in [2.24, 2.45) is 0 Å². The number of benzene rings is 3. The van der Waals surface area contributed by atoms with Crippen molar-refractivity contribution in [1.29, 1.82) is 0 Å². The van der Waals surface area contributed by atoms with E-state index in [2.05, 4.69) is 5.32 Å². The first-order valence-electron chi connectivity index (χ1n) is 10.3. The van der Waals surface area contributed by atoms with E-state index in [9.17, 15) is 13.2 Å². The molecule has 0 fully saturated rings. The lowest BCUT2D eigenvalue weighted by atomic mass is 10.2. The number of fused-ring (bicyclic) bond motifs is 1. The number of hydrogen-bond donors (Lipinski definition) is 1. The summed E-state index contributed by atoms with van der Waals surface area (Å²) in [5.41, 5.74) is 1.89. The van der Waals surface area contributed by atoms with Crippen molar-refractivity contribution >= 4 is 27.3 Å². The van der Waals surface area contributed by atoms with E-state index in [4.69, 9.17) is 9.47 Å². The highest BCUT2D eigenvalue weighted by Crippen LogP contribution is 2.37. The number of aryl methyl sites for hydroxylation is 1. The van der Waals surface area contributed by atoms with Gasteiger partial charge in [-0.05, 0) is 50.2 Å². The fourth-order valence-corrected chi connectivity index (χ4v) is 4.93. The number of hydrogen-bond acceptors (Lipinski definition) is 5. The average Bonchev–Trinajstić information content (AvgIpc) is 2.79. The van der Waals surface area contributed by atoms with Crippen molar-refractivity contribution in [2.75, 3.05) is 22.8 Å². The van der Waals surface area contributed by atoms with Gasteiger partial charge in [-0.1, -0.05) is 35.9 Å². The van der Waals surface area contributed by atoms with Crippen LogP contribution >= 0.6 is 0 Å². The monoisotopic (exact) mass is 452 g/mol. The summed E-state index contributed by atoms with van der Waals surface area (Å²) in [4.78, 5) is 13.2. The topological polar surface area (TPSA) is 84.9 Å². The Bertz CT molecular complexity index is 1230. The molecule has 3 aromatic carbocycles. The number of nitrogens with one attached hydrogen (secondary N) is 1. The Morgan fingerprint density at radius 2 is 1.84 bits per heavy atom. The molecule has 3 aromatic rings. The molecule has 0 radical (unpaired) electrons. The minimum Gasteiger partial charge on any atom is -0.494 e. The Hall–Kier alpha value is -3.52. The number of amides is 1. The maximum absolute atomic E-state index is 13.4. The van der Waals surface area contributed by atoms with Crippen LogP contribution in [0.2, 0.25) is 0 Å². The van der Waals surface area contributed by atoms with Crippen molar-refractivity contribution < 1.29 is 22.7 Å². The third-order valence-corrected chi connectivity index (χ3v) is 6.84. The summed E-state index contributed by atoms with van der Waals surface area (Å²) in [6.45, 7) is 4.12. The number of ether oxygens (including phenoxy) is 2. The van der Waals surface area contributed by atoms with E-state index in [1.165, 1.54) is 4.31 Å². The van der Waals surface area contributed by atoms with E-state index in [0.717, 1.165) is 5.56 Å². The maximum Gasteiger partial charge on any atom is 0.267 e. The zero-order chi connectivity index (χ0) is 22.7. The molecule has 0 saturated heterocycles. The van der Waals surface area contributed by atoms with Gasteiger partial charge in [0.1, 0.15) is 11.5 Å². The average molecular weight is 453 g/mol. The van der Waals surface area contributed by atoms with Gasteiger partial charge in [0.2, 0.25) is 0 Å². The van der Waals surface area contributed by atoms with Gasteiger partial charge in [0, 0.05) is 11.8 Å². The highest BCUT2D eigenvalue weighted by atomic mass is 32.2. The maximum atomic E-state index is 13.4. The van der Waals surface area contributed by atoms with E-state index < -0.39 is 22.0 Å². The highest BCUT2D eigenvalue weighted by Gasteiger charge is 2.37. The third-order valence-electron chi connectivity index (χ3n) is 5.05. The van der Waals surface area contributed by atoms with Crippen LogP contribution in [0, 0.1) is 6.92 Å². The van der Waals surface area contributed by atoms with Crippen LogP contribution in [-0.4, -0.2) is 33.6 Å². The molecule has 1 aliphatic rings. The van der Waals surface area contributed by atoms with Gasteiger partial charge in [0.15, 0.2) is 6.10 Å². The first-order valence-corrected chi connectivity index (χ1v) is 11.7. The number of carbonyl (C=O) groups is 1. The Morgan fingerprint density at radius 3 is 2.59 bits per heavy atom. The van der Waals surface area contributed by atoms with E-state index in [1.807, 2.05) is 13.8 Å². The number of sulfonamides is 1. The molecule has 8 heteroatoms. The Morgan fingerprint density at radius 1 is 1.09 bits per heavy atom. The zero-order valence-electron chi connectivity index (χ0n) is 17.8. The van der Waals surface area contributed by atoms with Crippen molar-refractivity contribution in [3.8, 4) is 11.5 Å². The molecule has 0 aliphatic carbocycles. The van der Waals surface area contributed by atoms with Crippen molar-refractivity contribution in [1.82, 2.24) is 0 Å². The molecule has 0 saturated carbocycles. The molecule has 166 valence electrons. The second-order valence-electron chi connectivity index (χ2n) is 7.37. The second-order valence-corrected chi connectivity index (χ2v) is 9.24. The van der Waals surface area contributed by atoms with Crippen LogP contribution in [0.25, 0.3) is 0 Å². The standard InChI is InChI=1S/C24H24N2O5S/c1-3-30-19-8-6-7-18(15-19)25-24(27)23-16-26(21-9-4-5-10-22(21)31-23)32(28,29)20-13-11-17(2)12-14-20/h4-15,23H,3,16H2,1-2H3,(H,25,27)/t23-/m1/s1. The van der Waals surface area contributed by atoms with Gasteiger partial charge in [0.25, 0.3) is 15.9 Å². The predicted molar refractivity (Wildman–Crippen MR) is 123 cm³/mol. The van der Waals surface area contributed by atoms with Crippen LogP contribution in [0.1, 0.15) is 12.5 Å². The molecule has 7 nitrogen and oxygen atoms in total. The summed E-state index contributed by atoms with van der Waals surface area (Å²) >= 11 is 0. The summed E-state index contributed by atoms with van der Waals surface area (Å²) in [6, 6.07) is 20.4. The van der Waals surface area contributed by atoms with E-state index >= 15 is 0 Å². The molecule has 1 atom stereocenters. The lowest BCUT2D eigenvalue weighted by Crippen LogP contribution is -2.48. The Labute approximate surface area is 187 Å². The third kappa shape index (κ3) is 4.40. The molecule has 1 N–H and O–H groups in total. The van der Waals surface area contributed by atoms with Gasteiger partial charge in [0.05, 0.1) is 23.7 Å². The first-order chi connectivity index (χ1) is 15.4. The van der Waals surface area contributed by atoms with Gasteiger partial charge in [-0.2, -0.15) is 0 Å². The van der Waals surface area contributed by atoms with Crippen LogP contribution in [0.15, 0.2) is 77.7 Å². The Kier molecular flexibility index (Phi) is 6.05. The molecule has 1 amide bonds. The number of nitrogens with zero attached hydrogens (tertiary/aromatic N) is 1. The molecule has 4 rings (SSSR count).